The van der Waals surface area contributed by atoms with Crippen molar-refractivity contribution >= 4 is 17.3 Å². The number of hydrogen-bond donors (Lipinski definition) is 1. The molecule has 1 aliphatic rings. The zero-order valence-corrected chi connectivity index (χ0v) is 10.9. The number of aliphatic carboxylic acids is 1. The second kappa shape index (κ2) is 4.87. The molecule has 1 aliphatic heterocycles. The highest BCUT2D eigenvalue weighted by atomic mass is 16.6. The number of carbonyl (C=O) groups is 1. The Bertz CT molecular complexity index is 529. The summed E-state index contributed by atoms with van der Waals surface area (Å²) in [4.78, 5) is 23.4. The number of nitro groups is 1. The fourth-order valence-corrected chi connectivity index (χ4v) is 2.53. The number of hydrogen-bond acceptors (Lipinski definition) is 4. The zero-order chi connectivity index (χ0) is 14.2. The lowest BCUT2D eigenvalue weighted by Gasteiger charge is -2.18. The molecule has 0 spiro atoms. The molecule has 1 fully saturated rings. The Morgan fingerprint density at radius 3 is 2.63 bits per heavy atom. The normalized spacial score (nSPS) is 22.5. The maximum absolute atomic E-state index is 11.1. The summed E-state index contributed by atoms with van der Waals surface area (Å²) in [6, 6.07) is 4.87. The fraction of sp³-hybridized carbons (Fsp3) is 0.462. The molecule has 1 saturated heterocycles. The van der Waals surface area contributed by atoms with Crippen molar-refractivity contribution in [1.29, 1.82) is 0 Å². The number of non-ortho nitro benzene ring substituents is 1. The maximum Gasteiger partial charge on any atom is 0.308 e. The van der Waals surface area contributed by atoms with Crippen molar-refractivity contribution in [3.8, 4) is 0 Å². The number of nitrogens with zero attached hydrogens (tertiary/aromatic N) is 2. The van der Waals surface area contributed by atoms with Gasteiger partial charge in [0.2, 0.25) is 0 Å². The van der Waals surface area contributed by atoms with E-state index in [4.69, 9.17) is 5.11 Å². The standard InChI is InChI=1S/C13H16N2O4/c1-8-3-10(5-11(4-8)15(18)19)14-6-9(2)12(7-14)13(16)17/h3-5,9,12H,6-7H2,1-2H3,(H,16,17)/t9-,12-/m1/s1. The molecule has 1 N–H and O–H groups in total. The molecule has 0 radical (unpaired) electrons. The summed E-state index contributed by atoms with van der Waals surface area (Å²) in [5, 5.41) is 20.0. The van der Waals surface area contributed by atoms with Crippen LogP contribution in [0, 0.1) is 28.9 Å². The molecule has 19 heavy (non-hydrogen) atoms. The Morgan fingerprint density at radius 1 is 1.42 bits per heavy atom. The molecule has 2 rings (SSSR count). The highest BCUT2D eigenvalue weighted by Gasteiger charge is 2.35. The van der Waals surface area contributed by atoms with Crippen LogP contribution in [0.2, 0.25) is 0 Å². The van der Waals surface area contributed by atoms with Crippen molar-refractivity contribution in [1.82, 2.24) is 0 Å². The number of carboxylic acids is 1. The van der Waals surface area contributed by atoms with Gasteiger partial charge in [-0.1, -0.05) is 6.92 Å². The van der Waals surface area contributed by atoms with E-state index in [1.807, 2.05) is 17.9 Å². The van der Waals surface area contributed by atoms with Gasteiger partial charge in [-0.2, -0.15) is 0 Å². The molecule has 0 aliphatic carbocycles. The molecule has 2 atom stereocenters. The van der Waals surface area contributed by atoms with Gasteiger partial charge in [-0.25, -0.2) is 0 Å². The summed E-state index contributed by atoms with van der Waals surface area (Å²) in [6.07, 6.45) is 0. The monoisotopic (exact) mass is 264 g/mol. The minimum absolute atomic E-state index is 0.0390. The number of nitro benzene ring substituents is 1. The first kappa shape index (κ1) is 13.3. The largest absolute Gasteiger partial charge is 0.481 e. The van der Waals surface area contributed by atoms with E-state index >= 15 is 0 Å². The van der Waals surface area contributed by atoms with Gasteiger partial charge in [0.05, 0.1) is 10.8 Å². The van der Waals surface area contributed by atoms with Crippen LogP contribution in [0.15, 0.2) is 18.2 Å². The average molecular weight is 264 g/mol. The summed E-state index contributed by atoms with van der Waals surface area (Å²) < 4.78 is 0. The van der Waals surface area contributed by atoms with Crippen LogP contribution < -0.4 is 4.90 Å². The van der Waals surface area contributed by atoms with Crippen LogP contribution >= 0.6 is 0 Å². The van der Waals surface area contributed by atoms with E-state index in [0.717, 1.165) is 11.3 Å². The lowest BCUT2D eigenvalue weighted by Crippen LogP contribution is -2.23. The first-order valence-electron chi connectivity index (χ1n) is 6.12. The van der Waals surface area contributed by atoms with Crippen molar-refractivity contribution in [2.24, 2.45) is 11.8 Å². The number of carboxylic acid groups (broad SMARTS) is 1. The summed E-state index contributed by atoms with van der Waals surface area (Å²) in [5.74, 6) is -1.19. The fourth-order valence-electron chi connectivity index (χ4n) is 2.53. The molecule has 1 heterocycles. The molecule has 6 heteroatoms. The molecule has 0 unspecified atom stereocenters. The van der Waals surface area contributed by atoms with Gasteiger partial charge >= 0.3 is 5.97 Å². The highest BCUT2D eigenvalue weighted by molar-refractivity contribution is 5.73. The van der Waals surface area contributed by atoms with E-state index in [1.165, 1.54) is 12.1 Å². The van der Waals surface area contributed by atoms with E-state index < -0.39 is 16.8 Å². The van der Waals surface area contributed by atoms with Gasteiger partial charge in [0.15, 0.2) is 0 Å². The number of rotatable bonds is 3. The third kappa shape index (κ3) is 2.67. The predicted octanol–water partition coefficient (Wildman–Crippen LogP) is 2.06. The quantitative estimate of drug-likeness (QED) is 0.667. The predicted molar refractivity (Wildman–Crippen MR) is 70.3 cm³/mol. The average Bonchev–Trinajstić information content (AvgIpc) is 2.70. The van der Waals surface area contributed by atoms with E-state index in [-0.39, 0.29) is 11.6 Å². The van der Waals surface area contributed by atoms with Crippen molar-refractivity contribution in [2.45, 2.75) is 13.8 Å². The van der Waals surface area contributed by atoms with Gasteiger partial charge < -0.3 is 10.0 Å². The van der Waals surface area contributed by atoms with Gasteiger partial charge in [-0.05, 0) is 24.5 Å². The Morgan fingerprint density at radius 2 is 2.11 bits per heavy atom. The summed E-state index contributed by atoms with van der Waals surface area (Å²) in [7, 11) is 0. The number of aryl methyl sites for hydroxylation is 1. The summed E-state index contributed by atoms with van der Waals surface area (Å²) in [5.41, 5.74) is 1.57. The smallest absolute Gasteiger partial charge is 0.308 e. The SMILES string of the molecule is Cc1cc(N2C[C@@H](C)[C@H](C(=O)O)C2)cc([N+](=O)[O-])c1. The Hall–Kier alpha value is -2.11. The van der Waals surface area contributed by atoms with E-state index in [0.29, 0.717) is 13.1 Å². The Kier molecular flexibility index (Phi) is 3.42. The third-order valence-corrected chi connectivity index (χ3v) is 3.55. The Labute approximate surface area is 110 Å². The van der Waals surface area contributed by atoms with Crippen molar-refractivity contribution in [3.63, 3.8) is 0 Å². The minimum Gasteiger partial charge on any atom is -0.481 e. The van der Waals surface area contributed by atoms with Gasteiger partial charge in [-0.3, -0.25) is 14.9 Å². The second-order valence-corrected chi connectivity index (χ2v) is 5.11. The highest BCUT2D eigenvalue weighted by Crippen LogP contribution is 2.31. The van der Waals surface area contributed by atoms with Crippen LogP contribution in [0.25, 0.3) is 0 Å². The van der Waals surface area contributed by atoms with Crippen LogP contribution in [-0.4, -0.2) is 29.1 Å². The first-order valence-corrected chi connectivity index (χ1v) is 6.12. The lowest BCUT2D eigenvalue weighted by atomic mass is 9.99. The molecule has 1 aromatic rings. The first-order chi connectivity index (χ1) is 8.88. The molecule has 0 amide bonds. The molecule has 102 valence electrons. The van der Waals surface area contributed by atoms with Crippen molar-refractivity contribution in [3.05, 3.63) is 33.9 Å². The van der Waals surface area contributed by atoms with Gasteiger partial charge in [0.25, 0.3) is 5.69 Å². The molecular formula is C13H16N2O4. The van der Waals surface area contributed by atoms with Crippen LogP contribution in [0.3, 0.4) is 0 Å². The number of anilines is 1. The van der Waals surface area contributed by atoms with Crippen LogP contribution in [0.1, 0.15) is 12.5 Å². The Balaban J connectivity index is 2.28. The van der Waals surface area contributed by atoms with Crippen LogP contribution in [-0.2, 0) is 4.79 Å². The van der Waals surface area contributed by atoms with Gasteiger partial charge in [-0.15, -0.1) is 0 Å². The van der Waals surface area contributed by atoms with E-state index in [1.54, 1.807) is 6.92 Å². The molecular weight excluding hydrogens is 248 g/mol. The van der Waals surface area contributed by atoms with E-state index in [2.05, 4.69) is 0 Å². The van der Waals surface area contributed by atoms with Crippen molar-refractivity contribution < 1.29 is 14.8 Å². The van der Waals surface area contributed by atoms with E-state index in [9.17, 15) is 14.9 Å². The molecule has 0 bridgehead atoms. The second-order valence-electron chi connectivity index (χ2n) is 5.11. The van der Waals surface area contributed by atoms with Gasteiger partial charge in [0.1, 0.15) is 0 Å². The molecule has 0 aromatic heterocycles. The summed E-state index contributed by atoms with van der Waals surface area (Å²) in [6.45, 7) is 4.70. The van der Waals surface area contributed by atoms with Gasteiger partial charge in [0, 0.05) is 30.9 Å². The van der Waals surface area contributed by atoms with Crippen LogP contribution in [0.5, 0.6) is 0 Å². The third-order valence-electron chi connectivity index (χ3n) is 3.55. The minimum atomic E-state index is -0.808. The topological polar surface area (TPSA) is 83.7 Å². The lowest BCUT2D eigenvalue weighted by molar-refractivity contribution is -0.384. The summed E-state index contributed by atoms with van der Waals surface area (Å²) >= 11 is 0. The molecule has 1 aromatic carbocycles. The van der Waals surface area contributed by atoms with Crippen molar-refractivity contribution in [2.75, 3.05) is 18.0 Å². The number of benzene rings is 1. The molecule has 0 saturated carbocycles. The van der Waals surface area contributed by atoms with Crippen LogP contribution in [0.4, 0.5) is 11.4 Å². The zero-order valence-electron chi connectivity index (χ0n) is 10.9. The maximum atomic E-state index is 11.1. The molecule has 6 nitrogen and oxygen atoms in total.